The zero-order valence-electron chi connectivity index (χ0n) is 36.2. The summed E-state index contributed by atoms with van der Waals surface area (Å²) < 4.78 is 8.63. The Morgan fingerprint density at radius 1 is 0.828 bits per heavy atom. The molecule has 2 spiro atoms. The van der Waals surface area contributed by atoms with Crippen molar-refractivity contribution in [3.63, 3.8) is 0 Å². The average Bonchev–Trinajstić information content (AvgIpc) is 3.93. The molecule has 3 saturated heterocycles. The Morgan fingerprint density at radius 3 is 2.36 bits per heavy atom. The van der Waals surface area contributed by atoms with E-state index in [4.69, 9.17) is 21.3 Å². The molecule has 7 heterocycles. The van der Waals surface area contributed by atoms with Crippen LogP contribution in [0.25, 0.3) is 16.6 Å². The van der Waals surface area contributed by atoms with Gasteiger partial charge in [-0.2, -0.15) is 4.98 Å². The number of nitrogens with one attached hydrogen (secondary N) is 1. The number of imide groups is 1. The van der Waals surface area contributed by atoms with Crippen LogP contribution in [0.5, 0.6) is 5.75 Å². The van der Waals surface area contributed by atoms with Gasteiger partial charge in [-0.3, -0.25) is 38.8 Å². The molecule has 4 aromatic rings. The molecule has 332 valence electrons. The van der Waals surface area contributed by atoms with Gasteiger partial charge in [0.2, 0.25) is 17.7 Å². The highest BCUT2D eigenvalue weighted by Gasteiger charge is 2.50. The van der Waals surface area contributed by atoms with Crippen LogP contribution in [-0.2, 0) is 31.8 Å². The molecule has 4 amide bonds. The minimum atomic E-state index is -0.662. The SMILES string of the molecule is O=C1CC[C@H](N2Cc3c(ccc4c3OCC43CCN(C(=O)C4CCC(N5CCN(c6ccc7c(c6)-n6c(nc(=O)c8c(Cl)cccc86)C76CCCCC6)CC5)CC4)CC3)C2=O)C(=O)N1. The summed E-state index contributed by atoms with van der Waals surface area (Å²) in [6.07, 6.45) is 11.5. The molecule has 0 unspecified atom stereocenters. The minimum absolute atomic E-state index is 0.0589. The van der Waals surface area contributed by atoms with Crippen molar-refractivity contribution in [3.8, 4) is 11.4 Å². The number of aromatic nitrogens is 2. The monoisotopic (exact) mass is 883 g/mol. The fourth-order valence-corrected chi connectivity index (χ4v) is 13.5. The van der Waals surface area contributed by atoms with Crippen LogP contribution >= 0.6 is 11.6 Å². The number of piperazine rings is 1. The Bertz CT molecular complexity index is 2700. The first-order chi connectivity index (χ1) is 31.1. The Labute approximate surface area is 377 Å². The van der Waals surface area contributed by atoms with Gasteiger partial charge in [-0.15, -0.1) is 0 Å². The smallest absolute Gasteiger partial charge is 0.282 e. The first-order valence-corrected chi connectivity index (χ1v) is 24.1. The van der Waals surface area contributed by atoms with Crippen molar-refractivity contribution in [1.82, 2.24) is 29.6 Å². The van der Waals surface area contributed by atoms with Gasteiger partial charge in [-0.25, -0.2) is 0 Å². The lowest BCUT2D eigenvalue weighted by molar-refractivity contribution is -0.139. The number of ether oxygens (including phenoxy) is 1. The van der Waals surface area contributed by atoms with Gasteiger partial charge in [0.05, 0.1) is 40.2 Å². The number of fused-ring (bicyclic) bond motifs is 11. The molecule has 3 aromatic carbocycles. The number of nitrogens with zero attached hydrogens (tertiary/aromatic N) is 6. The van der Waals surface area contributed by atoms with Gasteiger partial charge in [0.1, 0.15) is 17.6 Å². The molecule has 0 radical (unpaired) electrons. The number of benzene rings is 3. The molecule has 2 aliphatic carbocycles. The topological polar surface area (TPSA) is 137 Å². The summed E-state index contributed by atoms with van der Waals surface area (Å²) in [5.74, 6) is 1.09. The summed E-state index contributed by atoms with van der Waals surface area (Å²) in [5, 5.41) is 3.32. The number of carbonyl (C=O) groups excluding carboxylic acids is 4. The molecule has 1 N–H and O–H groups in total. The molecule has 8 aliphatic rings. The normalized spacial score (nSPS) is 25.9. The van der Waals surface area contributed by atoms with E-state index in [-0.39, 0.29) is 40.5 Å². The van der Waals surface area contributed by atoms with E-state index in [0.717, 1.165) is 124 Å². The Morgan fingerprint density at radius 2 is 1.59 bits per heavy atom. The average molecular weight is 884 g/mol. The molecular formula is C50H54ClN7O6. The molecule has 13 nitrogen and oxygen atoms in total. The van der Waals surface area contributed by atoms with Crippen molar-refractivity contribution in [2.75, 3.05) is 50.8 Å². The Balaban J connectivity index is 0.669. The zero-order chi connectivity index (χ0) is 43.5. The van der Waals surface area contributed by atoms with Crippen molar-refractivity contribution in [3.05, 3.63) is 92.0 Å². The Hall–Kier alpha value is -5.27. The maximum atomic E-state index is 14.0. The molecule has 12 rings (SSSR count). The number of piperidine rings is 2. The third kappa shape index (κ3) is 6.12. The number of amides is 4. The van der Waals surface area contributed by atoms with Gasteiger partial charge in [-0.1, -0.05) is 49.1 Å². The first-order valence-electron chi connectivity index (χ1n) is 23.7. The third-order valence-corrected chi connectivity index (χ3v) is 17.1. The zero-order valence-corrected chi connectivity index (χ0v) is 37.0. The van der Waals surface area contributed by atoms with Gasteiger partial charge < -0.3 is 19.4 Å². The fourth-order valence-electron chi connectivity index (χ4n) is 13.2. The van der Waals surface area contributed by atoms with E-state index in [1.54, 1.807) is 11.0 Å². The summed E-state index contributed by atoms with van der Waals surface area (Å²) in [5.41, 5.74) is 6.29. The second-order valence-electron chi connectivity index (χ2n) is 19.8. The predicted molar refractivity (Wildman–Crippen MR) is 241 cm³/mol. The van der Waals surface area contributed by atoms with E-state index in [1.165, 1.54) is 17.7 Å². The number of likely N-dealkylation sites (tertiary alicyclic amines) is 1. The maximum absolute atomic E-state index is 14.0. The minimum Gasteiger partial charge on any atom is -0.492 e. The summed E-state index contributed by atoms with van der Waals surface area (Å²) in [6.45, 7) is 6.04. The Kier molecular flexibility index (Phi) is 9.53. The van der Waals surface area contributed by atoms with Crippen LogP contribution in [0.15, 0.2) is 53.3 Å². The molecule has 6 aliphatic heterocycles. The van der Waals surface area contributed by atoms with Crippen LogP contribution in [0.4, 0.5) is 5.69 Å². The van der Waals surface area contributed by atoms with E-state index in [1.807, 2.05) is 24.3 Å². The highest BCUT2D eigenvalue weighted by Crippen LogP contribution is 2.53. The lowest BCUT2D eigenvalue weighted by Crippen LogP contribution is -2.52. The van der Waals surface area contributed by atoms with E-state index >= 15 is 0 Å². The summed E-state index contributed by atoms with van der Waals surface area (Å²) in [7, 11) is 0. The molecule has 1 aromatic heterocycles. The second kappa shape index (κ2) is 15.2. The second-order valence-corrected chi connectivity index (χ2v) is 20.3. The predicted octanol–water partition coefficient (Wildman–Crippen LogP) is 6.00. The van der Waals surface area contributed by atoms with Crippen LogP contribution in [0.2, 0.25) is 5.02 Å². The lowest BCUT2D eigenvalue weighted by atomic mass is 9.70. The van der Waals surface area contributed by atoms with E-state index in [9.17, 15) is 24.0 Å². The molecule has 5 fully saturated rings. The maximum Gasteiger partial charge on any atom is 0.282 e. The van der Waals surface area contributed by atoms with Gasteiger partial charge in [-0.05, 0) is 93.7 Å². The van der Waals surface area contributed by atoms with Crippen molar-refractivity contribution in [1.29, 1.82) is 0 Å². The van der Waals surface area contributed by atoms with E-state index < -0.39 is 11.9 Å². The van der Waals surface area contributed by atoms with Crippen LogP contribution in [-0.4, -0.2) is 106 Å². The first kappa shape index (κ1) is 40.3. The number of halogens is 1. The highest BCUT2D eigenvalue weighted by molar-refractivity contribution is 6.35. The van der Waals surface area contributed by atoms with Crippen molar-refractivity contribution < 1.29 is 23.9 Å². The van der Waals surface area contributed by atoms with E-state index in [0.29, 0.717) is 60.6 Å². The van der Waals surface area contributed by atoms with E-state index in [2.05, 4.69) is 42.8 Å². The number of anilines is 1. The van der Waals surface area contributed by atoms with Crippen molar-refractivity contribution >= 4 is 51.8 Å². The fraction of sp³-hybridized carbons (Fsp3) is 0.520. The third-order valence-electron chi connectivity index (χ3n) is 16.7. The summed E-state index contributed by atoms with van der Waals surface area (Å²) >= 11 is 6.62. The largest absolute Gasteiger partial charge is 0.492 e. The quantitative estimate of drug-likeness (QED) is 0.245. The molecule has 14 heteroatoms. The number of rotatable bonds is 4. The lowest BCUT2D eigenvalue weighted by Gasteiger charge is -2.44. The number of carbonyl (C=O) groups is 4. The van der Waals surface area contributed by atoms with Crippen LogP contribution in [0.1, 0.15) is 116 Å². The van der Waals surface area contributed by atoms with Crippen molar-refractivity contribution in [2.24, 2.45) is 5.92 Å². The van der Waals surface area contributed by atoms with Gasteiger partial charge in [0, 0.05) is 85.4 Å². The molecule has 2 saturated carbocycles. The molecule has 0 bridgehead atoms. The molecule has 64 heavy (non-hydrogen) atoms. The van der Waals surface area contributed by atoms with Gasteiger partial charge in [0.25, 0.3) is 11.5 Å². The van der Waals surface area contributed by atoms with Crippen LogP contribution in [0.3, 0.4) is 0 Å². The number of hydrogen-bond donors (Lipinski definition) is 1. The molecular weight excluding hydrogens is 830 g/mol. The summed E-state index contributed by atoms with van der Waals surface area (Å²) in [4.78, 5) is 78.9. The summed E-state index contributed by atoms with van der Waals surface area (Å²) in [6, 6.07) is 16.4. The van der Waals surface area contributed by atoms with Crippen LogP contribution in [0, 0.1) is 5.92 Å². The molecule has 1 atom stereocenters. The van der Waals surface area contributed by atoms with Gasteiger partial charge in [0.15, 0.2) is 0 Å². The van der Waals surface area contributed by atoms with Crippen LogP contribution < -0.4 is 20.5 Å². The highest BCUT2D eigenvalue weighted by atomic mass is 35.5. The van der Waals surface area contributed by atoms with Gasteiger partial charge >= 0.3 is 0 Å². The standard InChI is InChI=1S/C50H54ClN7O6/c51-37-5-4-6-38-42(37)45(61)53-48-50(17-2-1-3-18-50)35-13-11-32(27-40(35)58(38)48)55-25-23-54(24-26-55)31-9-7-30(8-10-31)46(62)56-21-19-49(20-22-56)29-64-43-34-28-57(39-15-16-41(59)52-44(39)60)47(63)33(34)12-14-36(43)49/h4-6,11-14,27,30-31,39H,1-3,7-10,15-26,28-29H2,(H,52,59,60)/t30?,31?,39-/m0/s1. The number of hydrogen-bond acceptors (Lipinski definition) is 9. The van der Waals surface area contributed by atoms with Crippen molar-refractivity contribution in [2.45, 2.75) is 113 Å².